The van der Waals surface area contributed by atoms with Crippen molar-refractivity contribution in [3.63, 3.8) is 0 Å². The summed E-state index contributed by atoms with van der Waals surface area (Å²) in [7, 11) is 0. The Balaban J connectivity index is 2.16. The number of ether oxygens (including phenoxy) is 1. The lowest BCUT2D eigenvalue weighted by Gasteiger charge is -2.38. The number of amides is 1. The molecule has 2 heterocycles. The quantitative estimate of drug-likeness (QED) is 0.702. The normalized spacial score (nSPS) is 21.4. The third kappa shape index (κ3) is 1.54. The Bertz CT molecular complexity index is 572. The molecule has 2 aliphatic heterocycles. The van der Waals surface area contributed by atoms with E-state index in [-0.39, 0.29) is 11.9 Å². The fourth-order valence-corrected chi connectivity index (χ4v) is 2.39. The largest absolute Gasteiger partial charge is 0.483 e. The lowest BCUT2D eigenvalue weighted by Crippen LogP contribution is -2.55. The van der Waals surface area contributed by atoms with Crippen LogP contribution in [0.25, 0.3) is 0 Å². The number of nitrogens with zero attached hydrogens (tertiary/aromatic N) is 2. The maximum atomic E-state index is 11.7. The average molecular weight is 311 g/mol. The number of hydrazone groups is 1. The van der Waals surface area contributed by atoms with E-state index in [4.69, 9.17) is 10.5 Å². The van der Waals surface area contributed by atoms with E-state index in [2.05, 4.69) is 26.5 Å². The molecule has 7 heteroatoms. The fraction of sp³-hybridized carbons (Fsp3) is 0.273. The minimum absolute atomic E-state index is 0.145. The Hall–Kier alpha value is -1.76. The van der Waals surface area contributed by atoms with Crippen LogP contribution in [-0.4, -0.2) is 24.4 Å². The van der Waals surface area contributed by atoms with Crippen LogP contribution in [0.3, 0.4) is 0 Å². The lowest BCUT2D eigenvalue weighted by atomic mass is 10.1. The smallest absolute Gasteiger partial charge is 0.262 e. The summed E-state index contributed by atoms with van der Waals surface area (Å²) in [5, 5.41) is 4.00. The Morgan fingerprint density at radius 1 is 1.61 bits per heavy atom. The molecule has 0 radical (unpaired) electrons. The first kappa shape index (κ1) is 11.3. The third-order valence-corrected chi connectivity index (χ3v) is 3.72. The van der Waals surface area contributed by atoms with Crippen LogP contribution in [0.4, 0.5) is 11.4 Å². The minimum Gasteiger partial charge on any atom is -0.483 e. The standard InChI is InChI=1S/C11H11BrN4O2/c1-5-11(17)15-14-10-4-18-9-2-6(12)7(13)3-8(9)16(5)10/h2-3,5H,4,13H2,1H3,(H,15,17)/t5-/m1/s1. The Morgan fingerprint density at radius 3 is 3.17 bits per heavy atom. The Morgan fingerprint density at radius 2 is 2.39 bits per heavy atom. The van der Waals surface area contributed by atoms with E-state index in [1.807, 2.05) is 11.8 Å². The first-order valence-electron chi connectivity index (χ1n) is 5.45. The van der Waals surface area contributed by atoms with Gasteiger partial charge in [0.2, 0.25) is 0 Å². The number of hydrogen-bond acceptors (Lipinski definition) is 5. The zero-order chi connectivity index (χ0) is 12.9. The molecule has 18 heavy (non-hydrogen) atoms. The van der Waals surface area contributed by atoms with Crippen LogP contribution in [0.1, 0.15) is 6.92 Å². The number of hydrogen-bond donors (Lipinski definition) is 2. The van der Waals surface area contributed by atoms with Gasteiger partial charge in [-0.15, -0.1) is 0 Å². The molecule has 0 aromatic heterocycles. The molecule has 0 saturated carbocycles. The number of nitrogen functional groups attached to an aromatic ring is 1. The number of carbonyl (C=O) groups is 1. The van der Waals surface area contributed by atoms with Gasteiger partial charge in [-0.05, 0) is 35.0 Å². The zero-order valence-electron chi connectivity index (χ0n) is 9.61. The number of anilines is 2. The van der Waals surface area contributed by atoms with E-state index in [9.17, 15) is 4.79 Å². The minimum atomic E-state index is -0.333. The van der Waals surface area contributed by atoms with Crippen molar-refractivity contribution in [2.75, 3.05) is 17.2 Å². The molecule has 6 nitrogen and oxygen atoms in total. The molecule has 1 aromatic carbocycles. The van der Waals surface area contributed by atoms with Crippen molar-refractivity contribution in [1.29, 1.82) is 0 Å². The zero-order valence-corrected chi connectivity index (χ0v) is 11.2. The summed E-state index contributed by atoms with van der Waals surface area (Å²) in [6, 6.07) is 3.25. The van der Waals surface area contributed by atoms with Crippen molar-refractivity contribution in [2.24, 2.45) is 5.10 Å². The number of carbonyl (C=O) groups excluding carboxylic acids is 1. The van der Waals surface area contributed by atoms with Gasteiger partial charge < -0.3 is 15.4 Å². The summed E-state index contributed by atoms with van der Waals surface area (Å²) in [5.74, 6) is 1.22. The molecule has 0 spiro atoms. The van der Waals surface area contributed by atoms with E-state index in [0.29, 0.717) is 23.9 Å². The van der Waals surface area contributed by atoms with Crippen molar-refractivity contribution in [3.8, 4) is 5.75 Å². The summed E-state index contributed by atoms with van der Waals surface area (Å²) >= 11 is 3.36. The van der Waals surface area contributed by atoms with E-state index < -0.39 is 0 Å². The Kier molecular flexibility index (Phi) is 2.44. The molecule has 0 aliphatic carbocycles. The number of nitrogens with two attached hydrogens (primary N) is 1. The lowest BCUT2D eigenvalue weighted by molar-refractivity contribution is -0.122. The first-order valence-corrected chi connectivity index (χ1v) is 6.24. The highest BCUT2D eigenvalue weighted by Gasteiger charge is 2.35. The molecule has 3 rings (SSSR count). The molecule has 1 aromatic rings. The van der Waals surface area contributed by atoms with Gasteiger partial charge in [-0.25, -0.2) is 5.43 Å². The SMILES string of the molecule is C[C@@H]1C(=O)NN=C2COc3cc(Br)c(N)cc3N21. The van der Waals surface area contributed by atoms with Crippen molar-refractivity contribution >= 4 is 39.0 Å². The highest BCUT2D eigenvalue weighted by molar-refractivity contribution is 9.10. The van der Waals surface area contributed by atoms with Gasteiger partial charge in [0.1, 0.15) is 18.4 Å². The predicted octanol–water partition coefficient (Wildman–Crippen LogP) is 1.06. The number of halogens is 1. The number of fused-ring (bicyclic) bond motifs is 3. The van der Waals surface area contributed by atoms with Gasteiger partial charge in [-0.2, -0.15) is 5.10 Å². The molecule has 0 bridgehead atoms. The van der Waals surface area contributed by atoms with E-state index in [1.54, 1.807) is 12.1 Å². The highest BCUT2D eigenvalue weighted by Crippen LogP contribution is 2.39. The van der Waals surface area contributed by atoms with Crippen LogP contribution in [0, 0.1) is 0 Å². The summed E-state index contributed by atoms with van der Waals surface area (Å²) in [6.45, 7) is 2.14. The highest BCUT2D eigenvalue weighted by atomic mass is 79.9. The van der Waals surface area contributed by atoms with Crippen LogP contribution in [0.2, 0.25) is 0 Å². The fourth-order valence-electron chi connectivity index (χ4n) is 2.06. The van der Waals surface area contributed by atoms with Crippen molar-refractivity contribution in [3.05, 3.63) is 16.6 Å². The second-order valence-electron chi connectivity index (χ2n) is 4.18. The molecule has 3 N–H and O–H groups in total. The number of amidine groups is 1. The topological polar surface area (TPSA) is 79.9 Å². The van der Waals surface area contributed by atoms with Crippen molar-refractivity contribution in [2.45, 2.75) is 13.0 Å². The van der Waals surface area contributed by atoms with Gasteiger partial charge in [-0.3, -0.25) is 4.79 Å². The van der Waals surface area contributed by atoms with E-state index >= 15 is 0 Å². The summed E-state index contributed by atoms with van der Waals surface area (Å²) < 4.78 is 6.38. The predicted molar refractivity (Wildman–Crippen MR) is 71.6 cm³/mol. The van der Waals surface area contributed by atoms with Crippen LogP contribution in [0.15, 0.2) is 21.7 Å². The number of rotatable bonds is 0. The maximum Gasteiger partial charge on any atom is 0.262 e. The van der Waals surface area contributed by atoms with Gasteiger partial charge in [0, 0.05) is 10.2 Å². The first-order chi connectivity index (χ1) is 8.58. The van der Waals surface area contributed by atoms with E-state index in [0.717, 1.165) is 10.2 Å². The van der Waals surface area contributed by atoms with Gasteiger partial charge in [0.15, 0.2) is 5.84 Å². The number of benzene rings is 1. The molecule has 1 atom stereocenters. The second kappa shape index (κ2) is 3.88. The van der Waals surface area contributed by atoms with Crippen LogP contribution < -0.4 is 20.8 Å². The number of nitrogens with one attached hydrogen (secondary N) is 1. The average Bonchev–Trinajstić information content (AvgIpc) is 2.35. The molecular weight excluding hydrogens is 300 g/mol. The second-order valence-corrected chi connectivity index (χ2v) is 5.03. The van der Waals surface area contributed by atoms with Gasteiger partial charge >= 0.3 is 0 Å². The van der Waals surface area contributed by atoms with E-state index in [1.165, 1.54) is 0 Å². The van der Waals surface area contributed by atoms with Gasteiger partial charge in [0.05, 0.1) is 5.69 Å². The summed E-state index contributed by atoms with van der Waals surface area (Å²) in [6.07, 6.45) is 0. The summed E-state index contributed by atoms with van der Waals surface area (Å²) in [5.41, 5.74) is 9.71. The Labute approximate surface area is 112 Å². The molecule has 1 amide bonds. The van der Waals surface area contributed by atoms with Gasteiger partial charge in [0.25, 0.3) is 5.91 Å². The summed E-state index contributed by atoms with van der Waals surface area (Å²) in [4.78, 5) is 13.5. The molecule has 0 fully saturated rings. The van der Waals surface area contributed by atoms with Gasteiger partial charge in [-0.1, -0.05) is 0 Å². The third-order valence-electron chi connectivity index (χ3n) is 3.03. The maximum absolute atomic E-state index is 11.7. The van der Waals surface area contributed by atoms with Crippen LogP contribution in [0.5, 0.6) is 5.75 Å². The monoisotopic (exact) mass is 310 g/mol. The van der Waals surface area contributed by atoms with Crippen molar-refractivity contribution in [1.82, 2.24) is 5.43 Å². The van der Waals surface area contributed by atoms with Crippen LogP contribution in [-0.2, 0) is 4.79 Å². The molecule has 94 valence electrons. The molecule has 2 aliphatic rings. The van der Waals surface area contributed by atoms with Crippen LogP contribution >= 0.6 is 15.9 Å². The molecule has 0 unspecified atom stereocenters. The molecular formula is C11H11BrN4O2. The molecule has 0 saturated heterocycles. The van der Waals surface area contributed by atoms with Crippen molar-refractivity contribution < 1.29 is 9.53 Å².